The highest BCUT2D eigenvalue weighted by Crippen LogP contribution is 2.27. The van der Waals surface area contributed by atoms with Crippen molar-refractivity contribution in [1.82, 2.24) is 9.88 Å². The molecule has 2 aromatic rings. The van der Waals surface area contributed by atoms with Crippen molar-refractivity contribution in [2.75, 3.05) is 6.54 Å². The molecule has 3 rings (SSSR count). The number of nitrogens with zero attached hydrogens (tertiary/aromatic N) is 1. The molecule has 3 N–H and O–H groups in total. The number of nitrogens with one attached hydrogen (secondary N) is 1. The molecule has 100 valence electrons. The van der Waals surface area contributed by atoms with Gasteiger partial charge < -0.3 is 15.6 Å². The topological polar surface area (TPSA) is 60.0 Å². The predicted octanol–water partition coefficient (Wildman–Crippen LogP) is 1.63. The summed E-state index contributed by atoms with van der Waals surface area (Å²) in [6.45, 7) is 1.76. The van der Waals surface area contributed by atoms with Gasteiger partial charge in [0.2, 0.25) is 5.91 Å². The van der Waals surface area contributed by atoms with Crippen LogP contribution < -0.4 is 11.1 Å². The highest BCUT2D eigenvalue weighted by molar-refractivity contribution is 5.83. The van der Waals surface area contributed by atoms with Crippen LogP contribution >= 0.6 is 0 Å². The van der Waals surface area contributed by atoms with E-state index in [2.05, 4.69) is 11.4 Å². The van der Waals surface area contributed by atoms with Gasteiger partial charge in [-0.3, -0.25) is 4.79 Å². The molecule has 4 heteroatoms. The summed E-state index contributed by atoms with van der Waals surface area (Å²) in [6, 6.07) is 8.16. The molecule has 1 saturated carbocycles. The second-order valence-electron chi connectivity index (χ2n) is 5.29. The highest BCUT2D eigenvalue weighted by Gasteiger charge is 2.21. The number of hydrogen-bond acceptors (Lipinski definition) is 2. The van der Waals surface area contributed by atoms with Gasteiger partial charge in [-0.25, -0.2) is 0 Å². The molecule has 1 amide bonds. The Morgan fingerprint density at radius 3 is 2.95 bits per heavy atom. The van der Waals surface area contributed by atoms with Gasteiger partial charge >= 0.3 is 0 Å². The summed E-state index contributed by atoms with van der Waals surface area (Å²) in [7, 11) is 0. The molecular formula is C15H19N3O. The van der Waals surface area contributed by atoms with E-state index in [9.17, 15) is 4.79 Å². The van der Waals surface area contributed by atoms with Gasteiger partial charge in [0.1, 0.15) is 6.54 Å². The third-order valence-electron chi connectivity index (χ3n) is 3.67. The fourth-order valence-electron chi connectivity index (χ4n) is 2.31. The zero-order chi connectivity index (χ0) is 13.2. The minimum atomic E-state index is 0.0901. The van der Waals surface area contributed by atoms with Gasteiger partial charge in [0.15, 0.2) is 0 Å². The third-order valence-corrected chi connectivity index (χ3v) is 3.67. The van der Waals surface area contributed by atoms with Crippen molar-refractivity contribution >= 4 is 16.8 Å². The van der Waals surface area contributed by atoms with E-state index < -0.39 is 0 Å². The number of fused-ring (bicyclic) bond motifs is 1. The molecule has 0 spiro atoms. The van der Waals surface area contributed by atoms with E-state index in [4.69, 9.17) is 5.73 Å². The van der Waals surface area contributed by atoms with E-state index >= 15 is 0 Å². The Balaban J connectivity index is 1.71. The Bertz CT molecular complexity index is 598. The van der Waals surface area contributed by atoms with Crippen LogP contribution in [0.5, 0.6) is 0 Å². The quantitative estimate of drug-likeness (QED) is 0.855. The van der Waals surface area contributed by atoms with E-state index in [1.54, 1.807) is 0 Å². The first-order valence-corrected chi connectivity index (χ1v) is 6.81. The lowest BCUT2D eigenvalue weighted by Crippen LogP contribution is -2.29. The van der Waals surface area contributed by atoms with Crippen molar-refractivity contribution in [2.24, 2.45) is 11.7 Å². The fourth-order valence-corrected chi connectivity index (χ4v) is 2.31. The van der Waals surface area contributed by atoms with Gasteiger partial charge in [0.25, 0.3) is 0 Å². The molecule has 1 aliphatic rings. The summed E-state index contributed by atoms with van der Waals surface area (Å²) in [6.07, 6.45) is 4.48. The smallest absolute Gasteiger partial charge is 0.239 e. The summed E-state index contributed by atoms with van der Waals surface area (Å²) >= 11 is 0. The van der Waals surface area contributed by atoms with E-state index in [1.807, 2.05) is 29.0 Å². The van der Waals surface area contributed by atoms with Crippen LogP contribution in [0.2, 0.25) is 0 Å². The second-order valence-corrected chi connectivity index (χ2v) is 5.29. The maximum Gasteiger partial charge on any atom is 0.239 e. The van der Waals surface area contributed by atoms with E-state index in [0.29, 0.717) is 13.1 Å². The molecule has 0 aliphatic heterocycles. The lowest BCUT2D eigenvalue weighted by molar-refractivity contribution is -0.121. The number of carbonyl (C=O) groups is 1. The number of amides is 1. The first-order chi connectivity index (χ1) is 9.26. The molecule has 0 saturated heterocycles. The Morgan fingerprint density at radius 2 is 2.21 bits per heavy atom. The number of nitrogens with two attached hydrogens (primary N) is 1. The Kier molecular flexibility index (Phi) is 3.25. The molecule has 0 bridgehead atoms. The first-order valence-electron chi connectivity index (χ1n) is 6.81. The number of benzene rings is 1. The van der Waals surface area contributed by atoms with Crippen LogP contribution in [-0.4, -0.2) is 17.0 Å². The average Bonchev–Trinajstić information content (AvgIpc) is 3.18. The number of rotatable bonds is 5. The molecule has 19 heavy (non-hydrogen) atoms. The minimum absolute atomic E-state index is 0.0901. The lowest BCUT2D eigenvalue weighted by Gasteiger charge is -2.07. The van der Waals surface area contributed by atoms with Gasteiger partial charge in [-0.1, -0.05) is 6.07 Å². The second kappa shape index (κ2) is 5.05. The third kappa shape index (κ3) is 2.79. The molecule has 1 aromatic heterocycles. The monoisotopic (exact) mass is 257 g/mol. The molecular weight excluding hydrogens is 238 g/mol. The van der Waals surface area contributed by atoms with Gasteiger partial charge in [-0.05, 0) is 47.9 Å². The van der Waals surface area contributed by atoms with Crippen molar-refractivity contribution in [3.63, 3.8) is 0 Å². The van der Waals surface area contributed by atoms with E-state index in [-0.39, 0.29) is 5.91 Å². The van der Waals surface area contributed by atoms with Crippen LogP contribution in [0.1, 0.15) is 18.4 Å². The van der Waals surface area contributed by atoms with Crippen LogP contribution in [0.25, 0.3) is 10.9 Å². The molecule has 1 heterocycles. The Labute approximate surface area is 112 Å². The van der Waals surface area contributed by atoms with Crippen molar-refractivity contribution < 1.29 is 4.79 Å². The minimum Gasteiger partial charge on any atom is -0.354 e. The molecule has 0 radical (unpaired) electrons. The van der Waals surface area contributed by atoms with Crippen molar-refractivity contribution in [2.45, 2.75) is 25.9 Å². The fraction of sp³-hybridized carbons (Fsp3) is 0.400. The summed E-state index contributed by atoms with van der Waals surface area (Å²) in [5.41, 5.74) is 7.83. The molecule has 1 aliphatic carbocycles. The van der Waals surface area contributed by atoms with Gasteiger partial charge in [0, 0.05) is 24.8 Å². The summed E-state index contributed by atoms with van der Waals surface area (Å²) < 4.78 is 1.98. The average molecular weight is 257 g/mol. The van der Waals surface area contributed by atoms with Gasteiger partial charge in [0.05, 0.1) is 0 Å². The van der Waals surface area contributed by atoms with Crippen LogP contribution in [0.15, 0.2) is 30.5 Å². The zero-order valence-electron chi connectivity index (χ0n) is 10.9. The summed E-state index contributed by atoms with van der Waals surface area (Å²) in [5.74, 6) is 0.810. The first kappa shape index (κ1) is 12.2. The normalized spacial score (nSPS) is 14.8. The summed E-state index contributed by atoms with van der Waals surface area (Å²) in [5, 5.41) is 4.13. The van der Waals surface area contributed by atoms with Crippen molar-refractivity contribution in [3.8, 4) is 0 Å². The van der Waals surface area contributed by atoms with Crippen LogP contribution in [0.3, 0.4) is 0 Å². The highest BCUT2D eigenvalue weighted by atomic mass is 16.1. The van der Waals surface area contributed by atoms with Crippen LogP contribution in [0, 0.1) is 5.92 Å². The molecule has 1 fully saturated rings. The van der Waals surface area contributed by atoms with E-state index in [1.165, 1.54) is 12.8 Å². The Hall–Kier alpha value is -1.81. The van der Waals surface area contributed by atoms with Gasteiger partial charge in [-0.15, -0.1) is 0 Å². The largest absolute Gasteiger partial charge is 0.354 e. The standard InChI is InChI=1S/C15H19N3O/c16-8-12-3-4-14-13(7-12)5-6-18(14)10-15(19)17-9-11-1-2-11/h3-7,11H,1-2,8-10,16H2,(H,17,19). The lowest BCUT2D eigenvalue weighted by atomic mass is 10.1. The molecule has 0 unspecified atom stereocenters. The van der Waals surface area contributed by atoms with Gasteiger partial charge in [-0.2, -0.15) is 0 Å². The number of carbonyl (C=O) groups excluding carboxylic acids is 1. The number of hydrogen-bond donors (Lipinski definition) is 2. The maximum absolute atomic E-state index is 11.9. The summed E-state index contributed by atoms with van der Waals surface area (Å²) in [4.78, 5) is 11.9. The van der Waals surface area contributed by atoms with Crippen LogP contribution in [-0.2, 0) is 17.9 Å². The Morgan fingerprint density at radius 1 is 1.37 bits per heavy atom. The SMILES string of the molecule is NCc1ccc2c(ccn2CC(=O)NCC2CC2)c1. The molecule has 1 aromatic carbocycles. The van der Waals surface area contributed by atoms with Crippen molar-refractivity contribution in [1.29, 1.82) is 0 Å². The zero-order valence-corrected chi connectivity index (χ0v) is 10.9. The van der Waals surface area contributed by atoms with E-state index in [0.717, 1.165) is 28.9 Å². The van der Waals surface area contributed by atoms with Crippen molar-refractivity contribution in [3.05, 3.63) is 36.0 Å². The molecule has 0 atom stereocenters. The number of aromatic nitrogens is 1. The van der Waals surface area contributed by atoms with Crippen LogP contribution in [0.4, 0.5) is 0 Å². The predicted molar refractivity (Wildman–Crippen MR) is 75.6 cm³/mol. The molecule has 4 nitrogen and oxygen atoms in total. The maximum atomic E-state index is 11.9.